The van der Waals surface area contributed by atoms with Gasteiger partial charge in [-0.05, 0) is 12.1 Å². The highest BCUT2D eigenvalue weighted by molar-refractivity contribution is 7.88. The molecule has 30 heavy (non-hydrogen) atoms. The molecule has 12 heteroatoms. The second-order valence-electron chi connectivity index (χ2n) is 6.90. The summed E-state index contributed by atoms with van der Waals surface area (Å²) in [7, 11) is -1.70. The van der Waals surface area contributed by atoms with Gasteiger partial charge in [0.15, 0.2) is 11.6 Å². The summed E-state index contributed by atoms with van der Waals surface area (Å²) < 4.78 is 33.3. The van der Waals surface area contributed by atoms with Crippen molar-refractivity contribution in [3.05, 3.63) is 48.2 Å². The van der Waals surface area contributed by atoms with Gasteiger partial charge in [0, 0.05) is 58.5 Å². The number of guanidine groups is 1. The molecule has 1 aliphatic rings. The summed E-state index contributed by atoms with van der Waals surface area (Å²) in [6.45, 7) is 2.57. The average Bonchev–Trinajstić information content (AvgIpc) is 3.41. The van der Waals surface area contributed by atoms with Crippen LogP contribution in [0.25, 0.3) is 5.65 Å². The topological polar surface area (TPSA) is 121 Å². The summed E-state index contributed by atoms with van der Waals surface area (Å²) in [5.41, 5.74) is 1.23. The molecule has 3 aromatic rings. The second kappa shape index (κ2) is 8.79. The number of nitrogens with zero attached hydrogens (tertiary/aromatic N) is 7. The molecular weight excluding hydrogens is 408 g/mol. The number of hydrogen-bond donors (Lipinski definition) is 1. The molecule has 0 unspecified atom stereocenters. The van der Waals surface area contributed by atoms with Gasteiger partial charge in [-0.25, -0.2) is 8.42 Å². The van der Waals surface area contributed by atoms with Gasteiger partial charge in [0.05, 0.1) is 5.69 Å². The zero-order chi connectivity index (χ0) is 21.0. The van der Waals surface area contributed by atoms with Crippen LogP contribution in [0.1, 0.15) is 11.5 Å². The molecule has 0 radical (unpaired) electrons. The summed E-state index contributed by atoms with van der Waals surface area (Å²) in [5, 5.41) is 15.4. The van der Waals surface area contributed by atoms with Crippen LogP contribution in [0, 0.1) is 0 Å². The molecule has 1 aliphatic heterocycles. The Balaban J connectivity index is 1.29. The lowest BCUT2D eigenvalue weighted by molar-refractivity contribution is 0.260. The molecular formula is C18H24N8O3S. The second-order valence-corrected chi connectivity index (χ2v) is 8.87. The summed E-state index contributed by atoms with van der Waals surface area (Å²) in [6, 6.07) is 7.36. The van der Waals surface area contributed by atoms with Crippen molar-refractivity contribution >= 4 is 21.6 Å². The van der Waals surface area contributed by atoms with Crippen LogP contribution < -0.4 is 5.32 Å². The van der Waals surface area contributed by atoms with Gasteiger partial charge in [0.25, 0.3) is 0 Å². The molecule has 1 fully saturated rings. The quantitative estimate of drug-likeness (QED) is 0.426. The van der Waals surface area contributed by atoms with Gasteiger partial charge in [0.2, 0.25) is 10.0 Å². The van der Waals surface area contributed by atoms with Crippen molar-refractivity contribution in [2.75, 3.05) is 39.8 Å². The molecule has 1 N–H and O–H groups in total. The Bertz CT molecular complexity index is 1100. The van der Waals surface area contributed by atoms with Crippen molar-refractivity contribution in [2.45, 2.75) is 12.2 Å². The van der Waals surface area contributed by atoms with Crippen molar-refractivity contribution < 1.29 is 12.9 Å². The maximum Gasteiger partial charge on any atom is 0.220 e. The fourth-order valence-corrected chi connectivity index (χ4v) is 4.87. The van der Waals surface area contributed by atoms with Crippen LogP contribution in [0.5, 0.6) is 0 Å². The van der Waals surface area contributed by atoms with Gasteiger partial charge in [-0.3, -0.25) is 9.39 Å². The molecule has 0 aromatic carbocycles. The zero-order valence-electron chi connectivity index (χ0n) is 16.7. The van der Waals surface area contributed by atoms with E-state index in [2.05, 4.69) is 30.6 Å². The predicted molar refractivity (Wildman–Crippen MR) is 110 cm³/mol. The fourth-order valence-electron chi connectivity index (χ4n) is 3.45. The Morgan fingerprint density at radius 2 is 2.03 bits per heavy atom. The first kappa shape index (κ1) is 20.3. The van der Waals surface area contributed by atoms with E-state index in [0.717, 1.165) is 17.4 Å². The molecule has 4 heterocycles. The Hall–Kier alpha value is -2.99. The van der Waals surface area contributed by atoms with Gasteiger partial charge in [-0.15, -0.1) is 10.2 Å². The van der Waals surface area contributed by atoms with E-state index >= 15 is 0 Å². The molecule has 0 saturated carbocycles. The summed E-state index contributed by atoms with van der Waals surface area (Å²) in [6.07, 6.45) is 4.01. The van der Waals surface area contributed by atoms with E-state index in [1.807, 2.05) is 28.8 Å². The number of fused-ring (bicyclic) bond motifs is 1. The average molecular weight is 433 g/mol. The number of pyridine rings is 1. The van der Waals surface area contributed by atoms with E-state index in [9.17, 15) is 8.42 Å². The summed E-state index contributed by atoms with van der Waals surface area (Å²) in [4.78, 5) is 6.40. The highest BCUT2D eigenvalue weighted by atomic mass is 32.2. The minimum atomic E-state index is -3.42. The van der Waals surface area contributed by atoms with Crippen LogP contribution in [0.2, 0.25) is 0 Å². The molecule has 0 spiro atoms. The molecule has 11 nitrogen and oxygen atoms in total. The summed E-state index contributed by atoms with van der Waals surface area (Å²) >= 11 is 0. The Labute approximate surface area is 174 Å². The van der Waals surface area contributed by atoms with Crippen LogP contribution in [0.3, 0.4) is 0 Å². The van der Waals surface area contributed by atoms with E-state index in [4.69, 9.17) is 4.52 Å². The molecule has 4 rings (SSSR count). The minimum Gasteiger partial charge on any atom is -0.364 e. The summed E-state index contributed by atoms with van der Waals surface area (Å²) in [5.74, 6) is 1.47. The third kappa shape index (κ3) is 4.44. The third-order valence-electron chi connectivity index (χ3n) is 4.98. The van der Waals surface area contributed by atoms with Gasteiger partial charge in [0.1, 0.15) is 17.8 Å². The van der Waals surface area contributed by atoms with Crippen molar-refractivity contribution in [1.29, 1.82) is 0 Å². The molecule has 0 amide bonds. The van der Waals surface area contributed by atoms with Crippen LogP contribution >= 0.6 is 0 Å². The van der Waals surface area contributed by atoms with Crippen molar-refractivity contribution in [2.24, 2.45) is 4.99 Å². The molecule has 3 aromatic heterocycles. The highest BCUT2D eigenvalue weighted by Crippen LogP contribution is 2.13. The lowest BCUT2D eigenvalue weighted by atomic mass is 10.3. The fraction of sp³-hybridized carbons (Fsp3) is 0.444. The molecule has 0 bridgehead atoms. The lowest BCUT2D eigenvalue weighted by Crippen LogP contribution is -2.54. The van der Waals surface area contributed by atoms with Crippen molar-refractivity contribution in [3.63, 3.8) is 0 Å². The Morgan fingerprint density at radius 3 is 2.77 bits per heavy atom. The van der Waals surface area contributed by atoms with Crippen LogP contribution in [-0.2, 0) is 22.2 Å². The SMILES string of the molecule is CN=C(NCCc1nnc2ccccn12)N1CCN(S(=O)(=O)Cc2ccon2)CC1. The van der Waals surface area contributed by atoms with Crippen LogP contribution in [-0.4, -0.2) is 83.1 Å². The number of piperazine rings is 1. The highest BCUT2D eigenvalue weighted by Gasteiger charge is 2.28. The number of rotatable bonds is 6. The maximum atomic E-state index is 12.6. The zero-order valence-corrected chi connectivity index (χ0v) is 17.5. The van der Waals surface area contributed by atoms with E-state index < -0.39 is 10.0 Å². The Morgan fingerprint density at radius 1 is 1.20 bits per heavy atom. The van der Waals surface area contributed by atoms with Gasteiger partial charge in [-0.2, -0.15) is 4.31 Å². The number of sulfonamides is 1. The smallest absolute Gasteiger partial charge is 0.220 e. The standard InChI is InChI=1S/C18H24N8O3S/c1-19-18(20-7-5-17-22-21-16-4-2-3-8-26(16)17)24-9-11-25(12-10-24)30(27,28)14-15-6-13-29-23-15/h2-4,6,8,13H,5,7,9-12,14H2,1H3,(H,19,20). The normalized spacial score (nSPS) is 16.3. The molecule has 160 valence electrons. The number of aliphatic imine (C=N–C) groups is 1. The lowest BCUT2D eigenvalue weighted by Gasteiger charge is -2.35. The number of aromatic nitrogens is 4. The van der Waals surface area contributed by atoms with Crippen LogP contribution in [0.4, 0.5) is 0 Å². The van der Waals surface area contributed by atoms with Gasteiger partial charge in [-0.1, -0.05) is 11.2 Å². The first-order chi connectivity index (χ1) is 14.6. The number of hydrogen-bond acceptors (Lipinski definition) is 7. The minimum absolute atomic E-state index is 0.150. The van der Waals surface area contributed by atoms with E-state index in [0.29, 0.717) is 44.8 Å². The van der Waals surface area contributed by atoms with E-state index in [1.54, 1.807) is 13.1 Å². The third-order valence-corrected chi connectivity index (χ3v) is 6.79. The van der Waals surface area contributed by atoms with E-state index in [-0.39, 0.29) is 5.75 Å². The van der Waals surface area contributed by atoms with Crippen molar-refractivity contribution in [1.82, 2.24) is 34.3 Å². The largest absolute Gasteiger partial charge is 0.364 e. The van der Waals surface area contributed by atoms with Crippen molar-refractivity contribution in [3.8, 4) is 0 Å². The number of nitrogens with one attached hydrogen (secondary N) is 1. The first-order valence-electron chi connectivity index (χ1n) is 9.68. The monoisotopic (exact) mass is 432 g/mol. The van der Waals surface area contributed by atoms with Gasteiger partial charge >= 0.3 is 0 Å². The Kier molecular flexibility index (Phi) is 5.95. The predicted octanol–water partition coefficient (Wildman–Crippen LogP) is -0.0172. The molecule has 0 aliphatic carbocycles. The van der Waals surface area contributed by atoms with Crippen LogP contribution in [0.15, 0.2) is 46.2 Å². The first-order valence-corrected chi connectivity index (χ1v) is 11.3. The molecule has 0 atom stereocenters. The van der Waals surface area contributed by atoms with Gasteiger partial charge < -0.3 is 14.7 Å². The maximum absolute atomic E-state index is 12.6. The van der Waals surface area contributed by atoms with E-state index in [1.165, 1.54) is 10.6 Å². The molecule has 1 saturated heterocycles.